The average Bonchev–Trinajstić information content (AvgIpc) is 2.83. The molecule has 0 fully saturated rings. The Hall–Kier alpha value is -2.27. The zero-order valence-electron chi connectivity index (χ0n) is 9.93. The number of nitrogens with one attached hydrogen (secondary N) is 1. The number of para-hydroxylation sites is 1. The quantitative estimate of drug-likeness (QED) is 0.723. The highest BCUT2D eigenvalue weighted by Crippen LogP contribution is 2.27. The summed E-state index contributed by atoms with van der Waals surface area (Å²) in [6, 6.07) is 8.31. The molecule has 2 aromatic rings. The first-order chi connectivity index (χ1) is 8.61. The molecule has 0 unspecified atom stereocenters. The molecule has 0 atom stereocenters. The fourth-order valence-electron chi connectivity index (χ4n) is 1.55. The number of phenolic OH excluding ortho intramolecular Hbond substituents is 1. The third-order valence-electron chi connectivity index (χ3n) is 2.57. The zero-order chi connectivity index (χ0) is 13.1. The second-order valence-corrected chi connectivity index (χ2v) is 3.90. The summed E-state index contributed by atoms with van der Waals surface area (Å²) in [4.78, 5) is 11.9. The normalized spacial score (nSPS) is 10.3. The standard InChI is InChI=1S/C13H14N2O3/c1-8-3-2-4-10(12(8)16)15-13(17)11-6-5-9(7-14)18-11/h2-6,16H,7,14H2,1H3,(H,15,17). The lowest BCUT2D eigenvalue weighted by atomic mass is 10.2. The summed E-state index contributed by atoms with van der Waals surface area (Å²) in [5.41, 5.74) is 6.44. The second kappa shape index (κ2) is 4.93. The fourth-order valence-corrected chi connectivity index (χ4v) is 1.55. The molecule has 1 aromatic carbocycles. The Morgan fingerprint density at radius 1 is 1.39 bits per heavy atom. The van der Waals surface area contributed by atoms with E-state index in [0.29, 0.717) is 17.0 Å². The van der Waals surface area contributed by atoms with Crippen LogP contribution in [0.4, 0.5) is 5.69 Å². The van der Waals surface area contributed by atoms with Crippen LogP contribution in [0.3, 0.4) is 0 Å². The molecule has 0 saturated carbocycles. The number of rotatable bonds is 3. The Morgan fingerprint density at radius 2 is 2.17 bits per heavy atom. The van der Waals surface area contributed by atoms with E-state index in [0.717, 1.165) is 0 Å². The van der Waals surface area contributed by atoms with Crippen LogP contribution in [-0.2, 0) is 6.54 Å². The van der Waals surface area contributed by atoms with Crippen molar-refractivity contribution in [3.05, 3.63) is 47.4 Å². The largest absolute Gasteiger partial charge is 0.505 e. The third kappa shape index (κ3) is 2.36. The van der Waals surface area contributed by atoms with Gasteiger partial charge in [-0.1, -0.05) is 12.1 Å². The number of anilines is 1. The monoisotopic (exact) mass is 246 g/mol. The summed E-state index contributed by atoms with van der Waals surface area (Å²) < 4.78 is 5.22. The summed E-state index contributed by atoms with van der Waals surface area (Å²) in [5, 5.41) is 12.4. The number of amides is 1. The van der Waals surface area contributed by atoms with Gasteiger partial charge in [0.05, 0.1) is 12.2 Å². The molecule has 1 amide bonds. The summed E-state index contributed by atoms with van der Waals surface area (Å²) in [5.74, 6) is 0.331. The van der Waals surface area contributed by atoms with E-state index in [1.165, 1.54) is 0 Å². The van der Waals surface area contributed by atoms with Gasteiger partial charge in [0, 0.05) is 0 Å². The highest BCUT2D eigenvalue weighted by molar-refractivity contribution is 6.03. The predicted octanol–water partition coefficient (Wildman–Crippen LogP) is 2.00. The number of aromatic hydroxyl groups is 1. The number of hydrogen-bond acceptors (Lipinski definition) is 4. The maximum atomic E-state index is 11.9. The van der Waals surface area contributed by atoms with Crippen molar-refractivity contribution in [2.75, 3.05) is 5.32 Å². The van der Waals surface area contributed by atoms with Crippen LogP contribution >= 0.6 is 0 Å². The number of hydrogen-bond donors (Lipinski definition) is 3. The first kappa shape index (κ1) is 12.2. The number of carbonyl (C=O) groups excluding carboxylic acids is 1. The number of phenols is 1. The van der Waals surface area contributed by atoms with E-state index in [9.17, 15) is 9.90 Å². The van der Waals surface area contributed by atoms with Gasteiger partial charge < -0.3 is 20.6 Å². The second-order valence-electron chi connectivity index (χ2n) is 3.90. The van der Waals surface area contributed by atoms with Crippen molar-refractivity contribution in [3.8, 4) is 5.75 Å². The van der Waals surface area contributed by atoms with Crippen LogP contribution in [-0.4, -0.2) is 11.0 Å². The first-order valence-corrected chi connectivity index (χ1v) is 5.50. The van der Waals surface area contributed by atoms with Gasteiger partial charge in [0.15, 0.2) is 5.76 Å². The van der Waals surface area contributed by atoms with Crippen LogP contribution < -0.4 is 11.1 Å². The van der Waals surface area contributed by atoms with Crippen LogP contribution in [0.2, 0.25) is 0 Å². The topological polar surface area (TPSA) is 88.5 Å². The number of nitrogens with two attached hydrogens (primary N) is 1. The highest BCUT2D eigenvalue weighted by atomic mass is 16.4. The van der Waals surface area contributed by atoms with Crippen molar-refractivity contribution < 1.29 is 14.3 Å². The van der Waals surface area contributed by atoms with Crippen molar-refractivity contribution in [1.29, 1.82) is 0 Å². The zero-order valence-corrected chi connectivity index (χ0v) is 9.93. The Bertz CT molecular complexity index is 575. The minimum atomic E-state index is -0.421. The van der Waals surface area contributed by atoms with E-state index < -0.39 is 5.91 Å². The fraction of sp³-hybridized carbons (Fsp3) is 0.154. The molecule has 1 heterocycles. The Kier molecular flexibility index (Phi) is 3.34. The number of furan rings is 1. The van der Waals surface area contributed by atoms with Crippen molar-refractivity contribution in [1.82, 2.24) is 0 Å². The number of aryl methyl sites for hydroxylation is 1. The van der Waals surface area contributed by atoms with Crippen LogP contribution in [0.25, 0.3) is 0 Å². The van der Waals surface area contributed by atoms with Gasteiger partial charge in [-0.05, 0) is 30.7 Å². The van der Waals surface area contributed by atoms with Crippen LogP contribution in [0, 0.1) is 6.92 Å². The van der Waals surface area contributed by atoms with E-state index >= 15 is 0 Å². The van der Waals surface area contributed by atoms with E-state index in [1.807, 2.05) is 0 Å². The SMILES string of the molecule is Cc1cccc(NC(=O)c2ccc(CN)o2)c1O. The van der Waals surface area contributed by atoms with Gasteiger partial charge >= 0.3 is 0 Å². The molecule has 0 spiro atoms. The molecule has 4 N–H and O–H groups in total. The average molecular weight is 246 g/mol. The molecule has 0 radical (unpaired) electrons. The Balaban J connectivity index is 2.18. The molecular formula is C13H14N2O3. The lowest BCUT2D eigenvalue weighted by Crippen LogP contribution is -2.11. The maximum Gasteiger partial charge on any atom is 0.291 e. The molecule has 0 aliphatic rings. The van der Waals surface area contributed by atoms with Crippen LogP contribution in [0.1, 0.15) is 21.9 Å². The summed E-state index contributed by atoms with van der Waals surface area (Å²) in [7, 11) is 0. The molecule has 5 nitrogen and oxygen atoms in total. The molecule has 0 aliphatic carbocycles. The smallest absolute Gasteiger partial charge is 0.291 e. The van der Waals surface area contributed by atoms with Crippen molar-refractivity contribution in [2.45, 2.75) is 13.5 Å². The summed E-state index contributed by atoms with van der Waals surface area (Å²) in [6.45, 7) is 1.99. The van der Waals surface area contributed by atoms with Gasteiger partial charge in [-0.2, -0.15) is 0 Å². The lowest BCUT2D eigenvalue weighted by Gasteiger charge is -2.07. The predicted molar refractivity (Wildman–Crippen MR) is 67.4 cm³/mol. The van der Waals surface area contributed by atoms with Crippen LogP contribution in [0.5, 0.6) is 5.75 Å². The molecular weight excluding hydrogens is 232 g/mol. The molecule has 0 bridgehead atoms. The lowest BCUT2D eigenvalue weighted by molar-refractivity contribution is 0.0994. The maximum absolute atomic E-state index is 11.9. The Labute approximate surface area is 104 Å². The van der Waals surface area contributed by atoms with Crippen LogP contribution in [0.15, 0.2) is 34.7 Å². The van der Waals surface area contributed by atoms with Gasteiger partial charge in [-0.3, -0.25) is 4.79 Å². The van der Waals surface area contributed by atoms with Gasteiger partial charge in [-0.15, -0.1) is 0 Å². The third-order valence-corrected chi connectivity index (χ3v) is 2.57. The first-order valence-electron chi connectivity index (χ1n) is 5.50. The minimum absolute atomic E-state index is 0.0523. The number of benzene rings is 1. The van der Waals surface area contributed by atoms with Gasteiger partial charge in [-0.25, -0.2) is 0 Å². The molecule has 0 saturated heterocycles. The van der Waals surface area contributed by atoms with Crippen molar-refractivity contribution in [2.24, 2.45) is 5.73 Å². The molecule has 0 aliphatic heterocycles. The molecule has 18 heavy (non-hydrogen) atoms. The van der Waals surface area contributed by atoms with E-state index in [1.54, 1.807) is 37.3 Å². The highest BCUT2D eigenvalue weighted by Gasteiger charge is 2.13. The molecule has 1 aromatic heterocycles. The van der Waals surface area contributed by atoms with Gasteiger partial charge in [0.2, 0.25) is 0 Å². The summed E-state index contributed by atoms with van der Waals surface area (Å²) in [6.07, 6.45) is 0. The van der Waals surface area contributed by atoms with E-state index in [2.05, 4.69) is 5.32 Å². The minimum Gasteiger partial charge on any atom is -0.505 e. The molecule has 2 rings (SSSR count). The molecule has 94 valence electrons. The van der Waals surface area contributed by atoms with E-state index in [4.69, 9.17) is 10.2 Å². The van der Waals surface area contributed by atoms with Gasteiger partial charge in [0.25, 0.3) is 5.91 Å². The van der Waals surface area contributed by atoms with Crippen molar-refractivity contribution >= 4 is 11.6 Å². The number of carbonyl (C=O) groups is 1. The van der Waals surface area contributed by atoms with Crippen molar-refractivity contribution in [3.63, 3.8) is 0 Å². The van der Waals surface area contributed by atoms with Gasteiger partial charge in [0.1, 0.15) is 11.5 Å². The Morgan fingerprint density at radius 3 is 2.83 bits per heavy atom. The van der Waals surface area contributed by atoms with E-state index in [-0.39, 0.29) is 18.1 Å². The molecule has 5 heteroatoms. The summed E-state index contributed by atoms with van der Waals surface area (Å²) >= 11 is 0.